The molecule has 0 aliphatic carbocycles. The molecular formula is C8H12O7. The van der Waals surface area contributed by atoms with E-state index < -0.39 is 30.6 Å². The first-order valence-corrected chi connectivity index (χ1v) is 3.93. The lowest BCUT2D eigenvalue weighted by Gasteiger charge is -2.22. The number of ether oxygens (including phenoxy) is 3. The summed E-state index contributed by atoms with van der Waals surface area (Å²) in [5.41, 5.74) is -2.21. The molecule has 7 nitrogen and oxygen atoms in total. The van der Waals surface area contributed by atoms with E-state index in [1.54, 1.807) is 0 Å². The summed E-state index contributed by atoms with van der Waals surface area (Å²) in [5.74, 6) is -1.90. The van der Waals surface area contributed by atoms with Gasteiger partial charge < -0.3 is 19.3 Å². The van der Waals surface area contributed by atoms with Gasteiger partial charge in [-0.3, -0.25) is 9.59 Å². The molecule has 0 aliphatic heterocycles. The summed E-state index contributed by atoms with van der Waals surface area (Å²) in [6.45, 7) is -0.622. The van der Waals surface area contributed by atoms with Crippen LogP contribution in [0.25, 0.3) is 0 Å². The summed E-state index contributed by atoms with van der Waals surface area (Å²) in [6.07, 6.45) is -0.649. The lowest BCUT2D eigenvalue weighted by Crippen LogP contribution is -2.46. The largest absolute Gasteiger partial charge is 0.469 e. The topological polar surface area (TPSA) is 99.1 Å². The summed E-state index contributed by atoms with van der Waals surface area (Å²) in [7, 11) is 2.13. The second-order valence-electron chi connectivity index (χ2n) is 2.68. The average Bonchev–Trinajstić information content (AvgIpc) is 2.24. The van der Waals surface area contributed by atoms with Gasteiger partial charge in [0.1, 0.15) is 6.61 Å². The molecule has 86 valence electrons. The molecule has 0 heterocycles. The van der Waals surface area contributed by atoms with Gasteiger partial charge in [-0.2, -0.15) is 0 Å². The molecule has 0 fully saturated rings. The van der Waals surface area contributed by atoms with Gasteiger partial charge in [-0.1, -0.05) is 0 Å². The lowest BCUT2D eigenvalue weighted by molar-refractivity contribution is -0.176. The van der Waals surface area contributed by atoms with Crippen molar-refractivity contribution in [3.63, 3.8) is 0 Å². The van der Waals surface area contributed by atoms with Crippen LogP contribution < -0.4 is 0 Å². The Labute approximate surface area is 85.9 Å². The molecule has 0 amide bonds. The molecule has 0 rings (SSSR count). The molecule has 0 spiro atoms. The maximum atomic E-state index is 11.1. The lowest BCUT2D eigenvalue weighted by atomic mass is 10.0. The van der Waals surface area contributed by atoms with Gasteiger partial charge in [0.15, 0.2) is 0 Å². The summed E-state index contributed by atoms with van der Waals surface area (Å²) < 4.78 is 12.8. The van der Waals surface area contributed by atoms with E-state index in [-0.39, 0.29) is 6.47 Å². The molecule has 0 aromatic carbocycles. The summed E-state index contributed by atoms with van der Waals surface area (Å²) in [6, 6.07) is 0. The molecule has 0 saturated heterocycles. The average molecular weight is 220 g/mol. The predicted molar refractivity (Wildman–Crippen MR) is 45.6 cm³/mol. The van der Waals surface area contributed by atoms with Crippen molar-refractivity contribution in [1.29, 1.82) is 0 Å². The van der Waals surface area contributed by atoms with Crippen LogP contribution in [-0.4, -0.2) is 49.9 Å². The van der Waals surface area contributed by atoms with Crippen molar-refractivity contribution in [2.45, 2.75) is 12.0 Å². The minimum atomic E-state index is -2.21. The third-order valence-corrected chi connectivity index (χ3v) is 1.62. The molecule has 0 radical (unpaired) electrons. The quantitative estimate of drug-likeness (QED) is 0.335. The van der Waals surface area contributed by atoms with E-state index in [0.717, 1.165) is 14.2 Å². The summed E-state index contributed by atoms with van der Waals surface area (Å²) in [5, 5.41) is 9.65. The fourth-order valence-corrected chi connectivity index (χ4v) is 0.855. The third-order valence-electron chi connectivity index (χ3n) is 1.62. The van der Waals surface area contributed by atoms with Crippen molar-refractivity contribution in [2.24, 2.45) is 0 Å². The van der Waals surface area contributed by atoms with Crippen LogP contribution in [0.15, 0.2) is 0 Å². The second-order valence-corrected chi connectivity index (χ2v) is 2.68. The van der Waals surface area contributed by atoms with E-state index in [1.165, 1.54) is 0 Å². The minimum Gasteiger partial charge on any atom is -0.469 e. The number of hydrogen-bond acceptors (Lipinski definition) is 7. The Morgan fingerprint density at radius 2 is 1.93 bits per heavy atom. The van der Waals surface area contributed by atoms with Crippen LogP contribution in [-0.2, 0) is 28.6 Å². The highest BCUT2D eigenvalue weighted by Crippen LogP contribution is 2.13. The maximum Gasteiger partial charge on any atom is 0.342 e. The van der Waals surface area contributed by atoms with Gasteiger partial charge in [-0.25, -0.2) is 4.79 Å². The van der Waals surface area contributed by atoms with Gasteiger partial charge in [0.25, 0.3) is 6.47 Å². The minimum absolute atomic E-state index is 0.0468. The zero-order valence-corrected chi connectivity index (χ0v) is 8.39. The van der Waals surface area contributed by atoms with E-state index >= 15 is 0 Å². The van der Waals surface area contributed by atoms with Crippen molar-refractivity contribution in [3.05, 3.63) is 0 Å². The highest BCUT2D eigenvalue weighted by atomic mass is 16.6. The fourth-order valence-electron chi connectivity index (χ4n) is 0.855. The Morgan fingerprint density at radius 3 is 2.33 bits per heavy atom. The van der Waals surface area contributed by atoms with Crippen LogP contribution in [0.4, 0.5) is 0 Å². The molecular weight excluding hydrogens is 208 g/mol. The van der Waals surface area contributed by atoms with Gasteiger partial charge in [-0.05, 0) is 0 Å². The van der Waals surface area contributed by atoms with Gasteiger partial charge in [-0.15, -0.1) is 0 Å². The molecule has 0 bridgehead atoms. The first-order chi connectivity index (χ1) is 7.00. The Kier molecular flexibility index (Phi) is 5.32. The predicted octanol–water partition coefficient (Wildman–Crippen LogP) is -1.37. The van der Waals surface area contributed by atoms with Crippen molar-refractivity contribution in [3.8, 4) is 0 Å². The van der Waals surface area contributed by atoms with E-state index in [9.17, 15) is 19.5 Å². The molecule has 0 aromatic heterocycles. The molecule has 0 saturated carbocycles. The Balaban J connectivity index is 4.60. The summed E-state index contributed by atoms with van der Waals surface area (Å²) in [4.78, 5) is 31.9. The highest BCUT2D eigenvalue weighted by Gasteiger charge is 2.41. The number of esters is 2. The summed E-state index contributed by atoms with van der Waals surface area (Å²) >= 11 is 0. The van der Waals surface area contributed by atoms with E-state index in [1.807, 2.05) is 0 Å². The zero-order chi connectivity index (χ0) is 11.9. The van der Waals surface area contributed by atoms with Crippen molar-refractivity contribution in [1.82, 2.24) is 0 Å². The first kappa shape index (κ1) is 13.4. The SMILES string of the molecule is COC(=O)C[C@](O)(COC=O)C(=O)OC. The van der Waals surface area contributed by atoms with E-state index in [2.05, 4.69) is 14.2 Å². The number of aliphatic hydroxyl groups is 1. The first-order valence-electron chi connectivity index (χ1n) is 3.93. The van der Waals surface area contributed by atoms with Crippen molar-refractivity contribution < 1.29 is 33.7 Å². The van der Waals surface area contributed by atoms with E-state index in [4.69, 9.17) is 0 Å². The van der Waals surface area contributed by atoms with Crippen LogP contribution in [0, 0.1) is 0 Å². The van der Waals surface area contributed by atoms with Crippen LogP contribution in [0.3, 0.4) is 0 Å². The van der Waals surface area contributed by atoms with Gasteiger partial charge in [0.2, 0.25) is 5.60 Å². The van der Waals surface area contributed by atoms with Crippen LogP contribution in [0.5, 0.6) is 0 Å². The molecule has 0 aliphatic rings. The number of methoxy groups -OCH3 is 2. The number of hydrogen-bond donors (Lipinski definition) is 1. The van der Waals surface area contributed by atoms with Crippen LogP contribution >= 0.6 is 0 Å². The number of rotatable bonds is 6. The van der Waals surface area contributed by atoms with Crippen molar-refractivity contribution in [2.75, 3.05) is 20.8 Å². The highest BCUT2D eigenvalue weighted by molar-refractivity contribution is 5.85. The monoisotopic (exact) mass is 220 g/mol. The number of carbonyl (C=O) groups is 3. The van der Waals surface area contributed by atoms with Gasteiger partial charge in [0, 0.05) is 0 Å². The normalized spacial score (nSPS) is 13.5. The molecule has 1 atom stereocenters. The van der Waals surface area contributed by atoms with Crippen LogP contribution in [0.1, 0.15) is 6.42 Å². The molecule has 0 unspecified atom stereocenters. The fraction of sp³-hybridized carbons (Fsp3) is 0.625. The molecule has 1 N–H and O–H groups in total. The molecule has 7 heteroatoms. The Bertz CT molecular complexity index is 249. The molecule has 15 heavy (non-hydrogen) atoms. The zero-order valence-electron chi connectivity index (χ0n) is 8.39. The smallest absolute Gasteiger partial charge is 0.342 e. The van der Waals surface area contributed by atoms with Crippen molar-refractivity contribution >= 4 is 18.4 Å². The number of carbonyl (C=O) groups excluding carboxylic acids is 3. The third kappa shape index (κ3) is 3.94. The maximum absolute atomic E-state index is 11.1. The van der Waals surface area contributed by atoms with Crippen LogP contribution in [0.2, 0.25) is 0 Å². The van der Waals surface area contributed by atoms with Gasteiger partial charge >= 0.3 is 11.9 Å². The van der Waals surface area contributed by atoms with Gasteiger partial charge in [0.05, 0.1) is 20.6 Å². The Morgan fingerprint density at radius 1 is 1.33 bits per heavy atom. The molecule has 0 aromatic rings. The second kappa shape index (κ2) is 5.97. The standard InChI is InChI=1S/C8H12O7/c1-13-6(10)3-8(12,4-15-5-9)7(11)14-2/h5,12H,3-4H2,1-2H3/t8-/m0/s1. The van der Waals surface area contributed by atoms with E-state index in [0.29, 0.717) is 0 Å². The Hall–Kier alpha value is -1.63.